The number of likely N-dealkylation sites (tertiary alicyclic amines) is 1. The number of hydrogen-bond donors (Lipinski definition) is 2. The van der Waals surface area contributed by atoms with E-state index in [1.54, 1.807) is 11.9 Å². The lowest BCUT2D eigenvalue weighted by Crippen LogP contribution is -2.50. The summed E-state index contributed by atoms with van der Waals surface area (Å²) < 4.78 is 0. The molecule has 130 valence electrons. The highest BCUT2D eigenvalue weighted by molar-refractivity contribution is 5.90. The smallest absolute Gasteiger partial charge is 0.245 e. The molecule has 0 spiro atoms. The van der Waals surface area contributed by atoms with Crippen LogP contribution in [0.3, 0.4) is 0 Å². The van der Waals surface area contributed by atoms with Crippen LogP contribution in [-0.2, 0) is 16.1 Å². The monoisotopic (exact) mass is 331 g/mol. The first-order valence-electron chi connectivity index (χ1n) is 8.48. The van der Waals surface area contributed by atoms with Crippen LogP contribution >= 0.6 is 0 Å². The van der Waals surface area contributed by atoms with Gasteiger partial charge in [-0.2, -0.15) is 0 Å². The van der Waals surface area contributed by atoms with Gasteiger partial charge < -0.3 is 15.3 Å². The zero-order valence-electron chi connectivity index (χ0n) is 14.1. The molecule has 6 nitrogen and oxygen atoms in total. The zero-order valence-corrected chi connectivity index (χ0v) is 14.1. The summed E-state index contributed by atoms with van der Waals surface area (Å²) in [4.78, 5) is 27.4. The van der Waals surface area contributed by atoms with Gasteiger partial charge in [0.2, 0.25) is 11.8 Å². The van der Waals surface area contributed by atoms with Crippen LogP contribution in [0.5, 0.6) is 0 Å². The highest BCUT2D eigenvalue weighted by Crippen LogP contribution is 2.24. The molecule has 6 heteroatoms. The second-order valence-corrected chi connectivity index (χ2v) is 7.02. The van der Waals surface area contributed by atoms with Gasteiger partial charge in [0.25, 0.3) is 0 Å². The Labute approximate surface area is 142 Å². The summed E-state index contributed by atoms with van der Waals surface area (Å²) in [7, 11) is 1.70. The minimum absolute atomic E-state index is 0.0737. The van der Waals surface area contributed by atoms with Gasteiger partial charge in [-0.15, -0.1) is 0 Å². The van der Waals surface area contributed by atoms with Crippen LogP contribution in [0.1, 0.15) is 24.8 Å². The number of benzene rings is 1. The first-order valence-corrected chi connectivity index (χ1v) is 8.48. The Balaban J connectivity index is 1.53. The van der Waals surface area contributed by atoms with Crippen LogP contribution in [0.4, 0.5) is 0 Å². The molecule has 2 unspecified atom stereocenters. The number of carbonyl (C=O) groups is 2. The topological polar surface area (TPSA) is 72.9 Å². The normalized spacial score (nSPS) is 27.2. The number of rotatable bonds is 5. The van der Waals surface area contributed by atoms with Gasteiger partial charge in [0.15, 0.2) is 0 Å². The molecule has 2 amide bonds. The van der Waals surface area contributed by atoms with E-state index in [9.17, 15) is 14.7 Å². The molecule has 0 aliphatic carbocycles. The van der Waals surface area contributed by atoms with Crippen molar-refractivity contribution in [2.24, 2.45) is 0 Å². The molecule has 2 atom stereocenters. The maximum Gasteiger partial charge on any atom is 0.245 e. The lowest BCUT2D eigenvalue weighted by molar-refractivity contribution is -0.136. The van der Waals surface area contributed by atoms with Crippen molar-refractivity contribution in [1.82, 2.24) is 15.1 Å². The molecular formula is C18H25N3O3. The third kappa shape index (κ3) is 3.94. The van der Waals surface area contributed by atoms with Gasteiger partial charge in [0.1, 0.15) is 6.04 Å². The molecule has 2 heterocycles. The number of β-amino-alcohol motifs (C(OH)–C–C–N with tert-alkyl or cyclic N) is 1. The van der Waals surface area contributed by atoms with Crippen molar-refractivity contribution in [1.29, 1.82) is 0 Å². The molecule has 2 aliphatic rings. The third-order valence-electron chi connectivity index (χ3n) is 4.86. The minimum atomic E-state index is -0.887. The second-order valence-electron chi connectivity index (χ2n) is 7.02. The van der Waals surface area contributed by atoms with Crippen LogP contribution in [-0.4, -0.2) is 65.0 Å². The fraction of sp³-hybridized carbons (Fsp3) is 0.556. The third-order valence-corrected chi connectivity index (χ3v) is 4.86. The van der Waals surface area contributed by atoms with Crippen molar-refractivity contribution >= 4 is 11.8 Å². The van der Waals surface area contributed by atoms with E-state index in [1.165, 1.54) is 5.56 Å². The maximum atomic E-state index is 12.4. The Morgan fingerprint density at radius 1 is 1.42 bits per heavy atom. The first kappa shape index (κ1) is 16.9. The van der Waals surface area contributed by atoms with Gasteiger partial charge in [-0.05, 0) is 18.4 Å². The number of amides is 2. The summed E-state index contributed by atoms with van der Waals surface area (Å²) in [5.74, 6) is -0.189. The number of carbonyl (C=O) groups excluding carboxylic acids is 2. The van der Waals surface area contributed by atoms with Gasteiger partial charge in [0, 0.05) is 33.1 Å². The molecule has 0 aromatic heterocycles. The van der Waals surface area contributed by atoms with Gasteiger partial charge in [0.05, 0.1) is 12.1 Å². The fourth-order valence-electron chi connectivity index (χ4n) is 3.63. The Morgan fingerprint density at radius 2 is 2.17 bits per heavy atom. The lowest BCUT2D eigenvalue weighted by Gasteiger charge is -2.30. The van der Waals surface area contributed by atoms with Crippen molar-refractivity contribution in [2.45, 2.75) is 37.5 Å². The van der Waals surface area contributed by atoms with Crippen molar-refractivity contribution in [3.05, 3.63) is 35.9 Å². The quantitative estimate of drug-likeness (QED) is 0.817. The molecule has 3 rings (SSSR count). The SMILES string of the molecule is CN(CC1(O)CCN(Cc2ccccc2)C1)C(=O)C1CCC(=O)N1. The van der Waals surface area contributed by atoms with Gasteiger partial charge in [-0.1, -0.05) is 30.3 Å². The van der Waals surface area contributed by atoms with Crippen molar-refractivity contribution in [3.8, 4) is 0 Å². The minimum Gasteiger partial charge on any atom is -0.387 e. The number of hydrogen-bond acceptors (Lipinski definition) is 4. The lowest BCUT2D eigenvalue weighted by atomic mass is 10.0. The molecule has 0 saturated carbocycles. The summed E-state index contributed by atoms with van der Waals surface area (Å²) in [6.07, 6.45) is 1.59. The summed E-state index contributed by atoms with van der Waals surface area (Å²) in [5.41, 5.74) is 0.335. The van der Waals surface area contributed by atoms with Crippen molar-refractivity contribution in [2.75, 3.05) is 26.7 Å². The molecule has 24 heavy (non-hydrogen) atoms. The van der Waals surface area contributed by atoms with E-state index in [2.05, 4.69) is 22.3 Å². The van der Waals surface area contributed by atoms with E-state index in [0.29, 0.717) is 32.4 Å². The Hall–Kier alpha value is -1.92. The maximum absolute atomic E-state index is 12.4. The van der Waals surface area contributed by atoms with Crippen LogP contribution in [0, 0.1) is 0 Å². The van der Waals surface area contributed by atoms with Crippen LogP contribution in [0.2, 0.25) is 0 Å². The number of nitrogens with zero attached hydrogens (tertiary/aromatic N) is 2. The highest BCUT2D eigenvalue weighted by Gasteiger charge is 2.39. The van der Waals surface area contributed by atoms with Gasteiger partial charge >= 0.3 is 0 Å². The van der Waals surface area contributed by atoms with Crippen molar-refractivity contribution < 1.29 is 14.7 Å². The van der Waals surface area contributed by atoms with E-state index >= 15 is 0 Å². The Bertz CT molecular complexity index is 607. The van der Waals surface area contributed by atoms with E-state index in [-0.39, 0.29) is 11.8 Å². The summed E-state index contributed by atoms with van der Waals surface area (Å²) >= 11 is 0. The van der Waals surface area contributed by atoms with Crippen LogP contribution < -0.4 is 5.32 Å². The van der Waals surface area contributed by atoms with Gasteiger partial charge in [-0.25, -0.2) is 0 Å². The molecule has 2 N–H and O–H groups in total. The molecule has 1 aromatic rings. The van der Waals surface area contributed by atoms with E-state index in [4.69, 9.17) is 0 Å². The molecule has 0 radical (unpaired) electrons. The van der Waals surface area contributed by atoms with Crippen LogP contribution in [0.15, 0.2) is 30.3 Å². The van der Waals surface area contributed by atoms with Gasteiger partial charge in [-0.3, -0.25) is 14.5 Å². The number of likely N-dealkylation sites (N-methyl/N-ethyl adjacent to an activating group) is 1. The molecule has 2 aliphatic heterocycles. The molecular weight excluding hydrogens is 306 g/mol. The first-order chi connectivity index (χ1) is 11.5. The predicted molar refractivity (Wildman–Crippen MR) is 90.1 cm³/mol. The number of nitrogens with one attached hydrogen (secondary N) is 1. The summed E-state index contributed by atoms with van der Waals surface area (Å²) in [6, 6.07) is 9.74. The average molecular weight is 331 g/mol. The number of aliphatic hydroxyl groups is 1. The van der Waals surface area contributed by atoms with E-state index in [1.807, 2.05) is 18.2 Å². The zero-order chi connectivity index (χ0) is 17.2. The average Bonchev–Trinajstić information content (AvgIpc) is 3.14. The Morgan fingerprint density at radius 3 is 2.83 bits per heavy atom. The Kier molecular flexibility index (Phi) is 4.87. The summed E-state index contributed by atoms with van der Waals surface area (Å²) in [6.45, 7) is 2.47. The predicted octanol–water partition coefficient (Wildman–Crippen LogP) is 0.360. The van der Waals surface area contributed by atoms with E-state index in [0.717, 1.165) is 13.1 Å². The van der Waals surface area contributed by atoms with E-state index < -0.39 is 11.6 Å². The second kappa shape index (κ2) is 6.91. The fourth-order valence-corrected chi connectivity index (χ4v) is 3.63. The highest BCUT2D eigenvalue weighted by atomic mass is 16.3. The molecule has 0 bridgehead atoms. The van der Waals surface area contributed by atoms with Crippen LogP contribution in [0.25, 0.3) is 0 Å². The summed E-state index contributed by atoms with van der Waals surface area (Å²) in [5, 5.41) is 13.5. The molecule has 2 fully saturated rings. The molecule has 2 saturated heterocycles. The van der Waals surface area contributed by atoms with Crippen molar-refractivity contribution in [3.63, 3.8) is 0 Å². The molecule has 1 aromatic carbocycles. The largest absolute Gasteiger partial charge is 0.387 e. The standard InChI is InChI=1S/C18H25N3O3/c1-20(17(23)15-7-8-16(22)19-15)12-18(24)9-10-21(13-18)11-14-5-3-2-4-6-14/h2-6,15,24H,7-13H2,1H3,(H,19,22).